The summed E-state index contributed by atoms with van der Waals surface area (Å²) >= 11 is 5.16. The first kappa shape index (κ1) is 10.8. The van der Waals surface area contributed by atoms with Crippen molar-refractivity contribution in [3.63, 3.8) is 0 Å². The molecule has 0 aliphatic carbocycles. The Kier molecular flexibility index (Phi) is 2.95. The topological polar surface area (TPSA) is 50.2 Å². The van der Waals surface area contributed by atoms with Crippen LogP contribution in [0.3, 0.4) is 0 Å². The minimum absolute atomic E-state index is 0.505. The van der Waals surface area contributed by atoms with Gasteiger partial charge in [-0.2, -0.15) is 0 Å². The summed E-state index contributed by atoms with van der Waals surface area (Å²) in [6.07, 6.45) is -2.54. The number of carbonyl (C=O) groups is 1. The van der Waals surface area contributed by atoms with Crippen molar-refractivity contribution in [2.24, 2.45) is 0 Å². The van der Waals surface area contributed by atoms with Crippen LogP contribution in [0.1, 0.15) is 22.5 Å². The highest BCUT2D eigenvalue weighted by Crippen LogP contribution is 2.28. The molecule has 7 heteroatoms. The van der Waals surface area contributed by atoms with Gasteiger partial charge in [-0.25, -0.2) is 18.0 Å². The predicted molar refractivity (Wildman–Crippen MR) is 41.1 cm³/mol. The van der Waals surface area contributed by atoms with E-state index in [-0.39, 0.29) is 0 Å². The van der Waals surface area contributed by atoms with Gasteiger partial charge in [0.2, 0.25) is 0 Å². The van der Waals surface area contributed by atoms with Gasteiger partial charge in [0.1, 0.15) is 16.3 Å². The first-order valence-corrected chi connectivity index (χ1v) is 3.68. The number of carboxylic acids is 1. The monoisotopic (exact) mass is 225 g/mol. The number of aromatic carboxylic acids is 1. The quantitative estimate of drug-likeness (QED) is 0.841. The molecule has 3 nitrogen and oxygen atoms in total. The number of pyridine rings is 1. The predicted octanol–water partition coefficient (Wildman–Crippen LogP) is 2.51. The molecule has 0 spiro atoms. The van der Waals surface area contributed by atoms with Crippen molar-refractivity contribution < 1.29 is 23.1 Å². The van der Waals surface area contributed by atoms with Gasteiger partial charge in [-0.1, -0.05) is 11.6 Å². The van der Waals surface area contributed by atoms with Crippen LogP contribution in [0.4, 0.5) is 13.2 Å². The van der Waals surface area contributed by atoms with Gasteiger partial charge in [0, 0.05) is 6.20 Å². The van der Waals surface area contributed by atoms with Gasteiger partial charge < -0.3 is 5.11 Å². The second-order valence-corrected chi connectivity index (χ2v) is 2.67. The number of halogens is 4. The highest BCUT2D eigenvalue weighted by molar-refractivity contribution is 6.31. The molecule has 0 amide bonds. The number of nitrogens with zero attached hydrogens (tertiary/aromatic N) is 1. The van der Waals surface area contributed by atoms with Crippen LogP contribution in [-0.4, -0.2) is 16.1 Å². The standard InChI is InChI=1S/C7H3ClF3NO2/c8-3-4(9)2(7(13)14)1-12-5(3)6(10)11/h1,6H,(H,13,14). The lowest BCUT2D eigenvalue weighted by Gasteiger charge is -2.04. The number of rotatable bonds is 2. The molecule has 0 bridgehead atoms. The zero-order chi connectivity index (χ0) is 10.9. The van der Waals surface area contributed by atoms with Crippen LogP contribution in [-0.2, 0) is 0 Å². The fourth-order valence-corrected chi connectivity index (χ4v) is 1.01. The molecular formula is C7H3ClF3NO2. The zero-order valence-corrected chi connectivity index (χ0v) is 7.23. The Morgan fingerprint density at radius 1 is 1.57 bits per heavy atom. The van der Waals surface area contributed by atoms with Gasteiger partial charge in [-0.3, -0.25) is 4.98 Å². The van der Waals surface area contributed by atoms with Gasteiger partial charge in [-0.15, -0.1) is 0 Å². The van der Waals surface area contributed by atoms with E-state index in [1.165, 1.54) is 0 Å². The smallest absolute Gasteiger partial charge is 0.340 e. The highest BCUT2D eigenvalue weighted by atomic mass is 35.5. The van der Waals surface area contributed by atoms with E-state index in [0.29, 0.717) is 6.20 Å². The normalized spacial score (nSPS) is 10.6. The number of aromatic nitrogens is 1. The molecule has 1 rings (SSSR count). The molecule has 1 heterocycles. The fraction of sp³-hybridized carbons (Fsp3) is 0.143. The Hall–Kier alpha value is -1.30. The fourth-order valence-electron chi connectivity index (χ4n) is 0.779. The third-order valence-electron chi connectivity index (χ3n) is 1.42. The molecule has 0 saturated heterocycles. The van der Waals surface area contributed by atoms with Crippen molar-refractivity contribution in [3.05, 3.63) is 28.3 Å². The molecule has 1 aromatic heterocycles. The van der Waals surface area contributed by atoms with E-state index < -0.39 is 34.5 Å². The molecule has 0 fully saturated rings. The molecule has 14 heavy (non-hydrogen) atoms. The molecule has 0 aliphatic rings. The Balaban J connectivity index is 3.33. The van der Waals surface area contributed by atoms with Gasteiger partial charge in [0.25, 0.3) is 6.43 Å². The van der Waals surface area contributed by atoms with Crippen molar-refractivity contribution in [2.75, 3.05) is 0 Å². The van der Waals surface area contributed by atoms with E-state index in [0.717, 1.165) is 0 Å². The highest BCUT2D eigenvalue weighted by Gasteiger charge is 2.22. The van der Waals surface area contributed by atoms with Gasteiger partial charge >= 0.3 is 5.97 Å². The van der Waals surface area contributed by atoms with Crippen LogP contribution in [0, 0.1) is 5.82 Å². The molecule has 0 radical (unpaired) electrons. The van der Waals surface area contributed by atoms with Crippen LogP contribution >= 0.6 is 11.6 Å². The second-order valence-electron chi connectivity index (χ2n) is 2.29. The SMILES string of the molecule is O=C(O)c1cnc(C(F)F)c(Cl)c1F. The summed E-state index contributed by atoms with van der Waals surface area (Å²) < 4.78 is 37.1. The molecule has 0 unspecified atom stereocenters. The largest absolute Gasteiger partial charge is 0.478 e. The van der Waals surface area contributed by atoms with Crippen molar-refractivity contribution in [1.29, 1.82) is 0 Å². The molecule has 0 aromatic carbocycles. The Labute approximate surface area is 81.1 Å². The van der Waals surface area contributed by atoms with Crippen LogP contribution in [0.15, 0.2) is 6.20 Å². The molecule has 1 N–H and O–H groups in total. The lowest BCUT2D eigenvalue weighted by molar-refractivity contribution is 0.0690. The first-order chi connectivity index (χ1) is 6.45. The first-order valence-electron chi connectivity index (χ1n) is 3.30. The number of hydrogen-bond acceptors (Lipinski definition) is 2. The van der Waals surface area contributed by atoms with E-state index in [1.807, 2.05) is 0 Å². The minimum atomic E-state index is -3.04. The maximum Gasteiger partial charge on any atom is 0.340 e. The molecule has 0 atom stereocenters. The molecule has 0 aliphatic heterocycles. The minimum Gasteiger partial charge on any atom is -0.478 e. The van der Waals surface area contributed by atoms with E-state index in [1.54, 1.807) is 0 Å². The lowest BCUT2D eigenvalue weighted by Crippen LogP contribution is -2.05. The Morgan fingerprint density at radius 2 is 2.14 bits per heavy atom. The summed E-state index contributed by atoms with van der Waals surface area (Å²) in [6, 6.07) is 0. The maximum atomic E-state index is 13.0. The van der Waals surface area contributed by atoms with E-state index >= 15 is 0 Å². The second kappa shape index (κ2) is 3.83. The zero-order valence-electron chi connectivity index (χ0n) is 6.47. The summed E-state index contributed by atoms with van der Waals surface area (Å²) in [5, 5.41) is 7.44. The third kappa shape index (κ3) is 1.79. The summed E-state index contributed by atoms with van der Waals surface area (Å²) in [5.74, 6) is -3.01. The van der Waals surface area contributed by atoms with Crippen molar-refractivity contribution in [1.82, 2.24) is 4.98 Å². The van der Waals surface area contributed by atoms with Crippen LogP contribution in [0.25, 0.3) is 0 Å². The Morgan fingerprint density at radius 3 is 2.57 bits per heavy atom. The van der Waals surface area contributed by atoms with Gasteiger partial charge in [0.05, 0.1) is 0 Å². The molecule has 0 saturated carbocycles. The average molecular weight is 226 g/mol. The summed E-state index contributed by atoms with van der Waals surface area (Å²) in [6.45, 7) is 0. The van der Waals surface area contributed by atoms with Crippen molar-refractivity contribution in [3.8, 4) is 0 Å². The van der Waals surface area contributed by atoms with E-state index in [2.05, 4.69) is 4.98 Å². The van der Waals surface area contributed by atoms with E-state index in [4.69, 9.17) is 16.7 Å². The summed E-state index contributed by atoms with van der Waals surface area (Å²) in [7, 11) is 0. The van der Waals surface area contributed by atoms with Crippen molar-refractivity contribution >= 4 is 17.6 Å². The number of alkyl halides is 2. The van der Waals surface area contributed by atoms with Gasteiger partial charge in [0.15, 0.2) is 5.82 Å². The van der Waals surface area contributed by atoms with Crippen LogP contribution in [0.2, 0.25) is 5.02 Å². The summed E-state index contributed by atoms with van der Waals surface area (Å²) in [4.78, 5) is 13.4. The van der Waals surface area contributed by atoms with Gasteiger partial charge in [-0.05, 0) is 0 Å². The number of carboxylic acid groups (broad SMARTS) is 1. The molecule has 76 valence electrons. The molecular weight excluding hydrogens is 223 g/mol. The molecule has 1 aromatic rings. The average Bonchev–Trinajstić information content (AvgIpc) is 2.08. The van der Waals surface area contributed by atoms with E-state index in [9.17, 15) is 18.0 Å². The van der Waals surface area contributed by atoms with Crippen LogP contribution in [0.5, 0.6) is 0 Å². The third-order valence-corrected chi connectivity index (χ3v) is 1.78. The maximum absolute atomic E-state index is 13.0. The van der Waals surface area contributed by atoms with Crippen molar-refractivity contribution in [2.45, 2.75) is 6.43 Å². The Bertz CT molecular complexity index is 383. The van der Waals surface area contributed by atoms with Crippen LogP contribution < -0.4 is 0 Å². The lowest BCUT2D eigenvalue weighted by atomic mass is 10.2. The number of hydrogen-bond donors (Lipinski definition) is 1. The summed E-state index contributed by atoms with van der Waals surface area (Å²) in [5.41, 5.74) is -1.80.